The summed E-state index contributed by atoms with van der Waals surface area (Å²) >= 11 is 3.28. The summed E-state index contributed by atoms with van der Waals surface area (Å²) in [5, 5.41) is 11.9. The molecule has 1 aliphatic heterocycles. The van der Waals surface area contributed by atoms with E-state index < -0.39 is 62.4 Å². The maximum Gasteiger partial charge on any atom is 1.00 e. The van der Waals surface area contributed by atoms with E-state index in [-0.39, 0.29) is 62.1 Å². The van der Waals surface area contributed by atoms with E-state index in [0.29, 0.717) is 54.8 Å². The van der Waals surface area contributed by atoms with Crippen molar-refractivity contribution in [1.82, 2.24) is 0 Å². The number of alkyl halides is 3. The number of halogens is 4. The molecule has 18 nitrogen and oxygen atoms in total. The molecular weight excluding hydrogens is 1460 g/mol. The third kappa shape index (κ3) is 22.4. The van der Waals surface area contributed by atoms with Crippen LogP contribution in [0.2, 0.25) is 0 Å². The van der Waals surface area contributed by atoms with Crippen molar-refractivity contribution < 1.29 is 103 Å². The number of furan rings is 3. The number of esters is 2. The van der Waals surface area contributed by atoms with E-state index in [2.05, 4.69) is 15.9 Å². The molecule has 0 saturated carbocycles. The van der Waals surface area contributed by atoms with Crippen LogP contribution in [-0.4, -0.2) is 80.0 Å². The van der Waals surface area contributed by atoms with E-state index in [0.717, 1.165) is 104 Å². The van der Waals surface area contributed by atoms with Gasteiger partial charge in [0.2, 0.25) is 0 Å². The summed E-state index contributed by atoms with van der Waals surface area (Å²) in [4.78, 5) is 35.0. The molecule has 0 spiro atoms. The molecule has 0 bridgehead atoms. The number of carboxylic acid groups (broad SMARTS) is 1. The molecule has 4 heterocycles. The zero-order chi connectivity index (χ0) is 76.2. The van der Waals surface area contributed by atoms with Gasteiger partial charge in [0.1, 0.15) is 73.8 Å². The number of ether oxygens (including phenoxy) is 5. The van der Waals surface area contributed by atoms with Gasteiger partial charge in [-0.15, -0.1) is 0 Å². The van der Waals surface area contributed by atoms with Crippen LogP contribution in [0.4, 0.5) is 13.2 Å². The van der Waals surface area contributed by atoms with Crippen molar-refractivity contribution in [1.29, 1.82) is 0 Å². The average Bonchev–Trinajstić information content (AvgIpc) is 1.61. The Bertz CT molecular complexity index is 4980. The van der Waals surface area contributed by atoms with Crippen molar-refractivity contribution in [3.63, 3.8) is 0 Å². The minimum absolute atomic E-state index is 0. The molecule has 564 valence electrons. The molecule has 3 aromatic heterocycles. The van der Waals surface area contributed by atoms with Crippen molar-refractivity contribution in [2.45, 2.75) is 110 Å². The Hall–Kier alpha value is -9.90. The molecule has 8 N–H and O–H groups in total. The standard InChI is InChI=1S/C27H26FNO4.C25H29BO6.C25H22FNO4.C8H9BrFN.Li.H2O/c1-2-31-26(30)15-21-6-3-4-9-25(21)33-17-18-12-22-10-11-32-27(22)23(13-18)19-7-5-8-20(14-19)24(29)16-28;1-6-28-22(27)15-18-9-7-8-10-21(18)30-16-17-13-19-11-12-29-23(19)20(14-17)26-31-24(2,3)25(4,5)32-26;26-14-22(27)18-6-3-5-17(12-18)21-11-16(10-20-8-9-30-25(20)21)15-31-23-7-2-1-4-19(23)13-24(28)29;9-7-3-1-2-6(4-7)8(11)5-10;;/h3-14,24H,2,15-17,29H2,1H3;7-14H,6,15-16H2,1-5H3;1-12,22H,13-15,27H2,(H,28,29);1-4,8H,5,11H2;;1H2/q;;;;+1;/p-1. The van der Waals surface area contributed by atoms with Gasteiger partial charge in [-0.2, -0.15) is 0 Å². The molecule has 0 amide bonds. The molecule has 1 saturated heterocycles. The molecule has 9 aromatic carbocycles. The molecule has 13 rings (SSSR count). The number of carboxylic acids is 1. The summed E-state index contributed by atoms with van der Waals surface area (Å²) in [6.45, 7) is 11.5. The van der Waals surface area contributed by atoms with Crippen molar-refractivity contribution in [2.24, 2.45) is 17.2 Å². The topological polar surface area (TPSA) is 284 Å². The predicted octanol–water partition coefficient (Wildman–Crippen LogP) is 14.7. The van der Waals surface area contributed by atoms with Gasteiger partial charge in [-0.1, -0.05) is 125 Å². The summed E-state index contributed by atoms with van der Waals surface area (Å²) < 4.78 is 97.1. The summed E-state index contributed by atoms with van der Waals surface area (Å²) in [6.07, 6.45) is 5.15. The van der Waals surface area contributed by atoms with Crippen LogP contribution in [0.1, 0.15) is 110 Å². The minimum atomic E-state index is -0.912. The monoisotopic (exact) mass is 1540 g/mol. The molecule has 0 radical (unpaired) electrons. The van der Waals surface area contributed by atoms with Gasteiger partial charge in [-0.05, 0) is 177 Å². The molecule has 3 atom stereocenters. The molecule has 24 heteroatoms. The molecule has 109 heavy (non-hydrogen) atoms. The van der Waals surface area contributed by atoms with Gasteiger partial charge in [0.25, 0.3) is 0 Å². The third-order valence-corrected chi connectivity index (χ3v) is 18.6. The van der Waals surface area contributed by atoms with Gasteiger partial charge in [-0.3, -0.25) is 14.4 Å². The SMILES string of the molecule is CCOC(=O)Cc1ccccc1OCc1cc(-c2cccc(C(N)CF)c2)c2occc2c1.CCOC(=O)Cc1ccccc1OCc1cc(B2OC(C)(C)C(C)(C)O2)c2occc2c1.NC(CF)c1cccc(-c2cc(COc3ccccc3CC(=O)O)cc3ccoc23)c1.NC(CF)c1cccc(Br)c1.[Li+].[OH-]. The second-order valence-corrected chi connectivity index (χ2v) is 27.3. The van der Waals surface area contributed by atoms with Crippen LogP contribution in [0.3, 0.4) is 0 Å². The maximum absolute atomic E-state index is 13.1. The van der Waals surface area contributed by atoms with Crippen molar-refractivity contribution in [2.75, 3.05) is 33.2 Å². The fourth-order valence-corrected chi connectivity index (χ4v) is 12.3. The van der Waals surface area contributed by atoms with Gasteiger partial charge in [0, 0.05) is 53.9 Å². The zero-order valence-corrected chi connectivity index (χ0v) is 63.4. The Labute approximate surface area is 652 Å². The van der Waals surface area contributed by atoms with Gasteiger partial charge in [-0.25, -0.2) is 13.2 Å². The number of para-hydroxylation sites is 3. The average molecular weight is 1550 g/mol. The normalized spacial score (nSPS) is 13.3. The number of hydrogen-bond donors (Lipinski definition) is 4. The van der Waals surface area contributed by atoms with Gasteiger partial charge in [0.15, 0.2) is 0 Å². The van der Waals surface area contributed by atoms with E-state index in [1.807, 2.05) is 204 Å². The smallest absolute Gasteiger partial charge is 0.870 e. The van der Waals surface area contributed by atoms with Crippen LogP contribution in [-0.2, 0) is 72.2 Å². The Kier molecular flexibility index (Phi) is 31.1. The number of carbonyl (C=O) groups is 3. The van der Waals surface area contributed by atoms with E-state index >= 15 is 0 Å². The van der Waals surface area contributed by atoms with Crippen molar-refractivity contribution in [3.8, 4) is 39.5 Å². The predicted molar refractivity (Wildman–Crippen MR) is 414 cm³/mol. The summed E-state index contributed by atoms with van der Waals surface area (Å²) in [6, 6.07) is 60.2. The van der Waals surface area contributed by atoms with Crippen molar-refractivity contribution in [3.05, 3.63) is 274 Å². The van der Waals surface area contributed by atoms with Crippen molar-refractivity contribution >= 4 is 79.3 Å². The number of fused-ring (bicyclic) bond motifs is 3. The first kappa shape index (κ1) is 84.7. The Morgan fingerprint density at radius 2 is 0.826 bits per heavy atom. The van der Waals surface area contributed by atoms with Crippen LogP contribution in [0, 0.1) is 0 Å². The third-order valence-electron chi connectivity index (χ3n) is 18.1. The van der Waals surface area contributed by atoms with Gasteiger partial charge >= 0.3 is 43.9 Å². The fraction of sp³-hybridized carbons (Fsp3) is 0.259. The molecular formula is C85H87BBrF3LiN3O15. The second-order valence-electron chi connectivity index (χ2n) is 26.4. The van der Waals surface area contributed by atoms with E-state index in [4.69, 9.17) is 68.6 Å². The molecule has 12 aromatic rings. The Morgan fingerprint density at radius 1 is 0.468 bits per heavy atom. The number of carbonyl (C=O) groups excluding carboxylic acids is 2. The first-order valence-corrected chi connectivity index (χ1v) is 35.8. The first-order valence-electron chi connectivity index (χ1n) is 35.0. The summed E-state index contributed by atoms with van der Waals surface area (Å²) in [5.41, 5.74) is 30.1. The molecule has 3 unspecified atom stereocenters. The number of aliphatic carboxylic acids is 1. The first-order chi connectivity index (χ1) is 51.6. The Balaban J connectivity index is 0.000000190. The second kappa shape index (κ2) is 40.0. The van der Waals surface area contributed by atoms with Crippen LogP contribution >= 0.6 is 15.9 Å². The Morgan fingerprint density at radius 3 is 1.21 bits per heavy atom. The van der Waals surface area contributed by atoms with Gasteiger partial charge in [0.05, 0.1) is 80.6 Å². The van der Waals surface area contributed by atoms with Crippen LogP contribution < -0.4 is 55.7 Å². The molecule has 1 fully saturated rings. The van der Waals surface area contributed by atoms with E-state index in [1.165, 1.54) is 0 Å². The maximum atomic E-state index is 13.1. The van der Waals surface area contributed by atoms with E-state index in [9.17, 15) is 27.6 Å². The number of benzene rings is 9. The molecule has 1 aliphatic rings. The fourth-order valence-electron chi connectivity index (χ4n) is 11.9. The quantitative estimate of drug-likeness (QED) is 0.0289. The summed E-state index contributed by atoms with van der Waals surface area (Å²) in [7, 11) is -0.537. The van der Waals surface area contributed by atoms with Crippen LogP contribution in [0.25, 0.3) is 55.2 Å². The van der Waals surface area contributed by atoms with E-state index in [1.54, 1.807) is 56.9 Å². The minimum Gasteiger partial charge on any atom is -0.870 e. The van der Waals surface area contributed by atoms with Crippen LogP contribution in [0.15, 0.2) is 237 Å². The summed E-state index contributed by atoms with van der Waals surface area (Å²) in [5.74, 6) is 0.355. The zero-order valence-electron chi connectivity index (χ0n) is 61.8. The van der Waals surface area contributed by atoms with Crippen LogP contribution in [0.5, 0.6) is 17.2 Å². The largest absolute Gasteiger partial charge is 1.00 e. The number of nitrogens with two attached hydrogens (primary N) is 3. The molecule has 0 aliphatic carbocycles. The number of rotatable bonds is 26. The van der Waals surface area contributed by atoms with Gasteiger partial charge < -0.3 is 74.0 Å². The number of hydrogen-bond acceptors (Lipinski definition) is 17.